The molecule has 4 heteroatoms. The smallest absolute Gasteiger partial charge is 0.129 e. The number of nitrogens with two attached hydrogens (primary N) is 1. The van der Waals surface area contributed by atoms with Crippen LogP contribution in [0.1, 0.15) is 31.4 Å². The predicted molar refractivity (Wildman–Crippen MR) is 56.1 cm³/mol. The predicted octanol–water partition coefficient (Wildman–Crippen LogP) is 1.11. The van der Waals surface area contributed by atoms with Crippen molar-refractivity contribution in [2.45, 2.75) is 31.7 Å². The zero-order chi connectivity index (χ0) is 9.97. The molecular weight excluding hydrogens is 176 g/mol. The van der Waals surface area contributed by atoms with Gasteiger partial charge in [-0.3, -0.25) is 0 Å². The van der Waals surface area contributed by atoms with E-state index in [2.05, 4.69) is 15.3 Å². The Morgan fingerprint density at radius 2 is 2.36 bits per heavy atom. The van der Waals surface area contributed by atoms with Crippen molar-refractivity contribution in [3.8, 4) is 0 Å². The van der Waals surface area contributed by atoms with Gasteiger partial charge in [0.25, 0.3) is 0 Å². The number of nitrogens with zero attached hydrogens (tertiary/aromatic N) is 2. The van der Waals surface area contributed by atoms with Gasteiger partial charge in [0, 0.05) is 30.3 Å². The van der Waals surface area contributed by atoms with E-state index in [4.69, 9.17) is 5.73 Å². The summed E-state index contributed by atoms with van der Waals surface area (Å²) in [7, 11) is 0. The molecule has 1 aliphatic carbocycles. The van der Waals surface area contributed by atoms with Crippen LogP contribution in [0.15, 0.2) is 12.4 Å². The van der Waals surface area contributed by atoms with Gasteiger partial charge in [-0.05, 0) is 19.8 Å². The van der Waals surface area contributed by atoms with Crippen molar-refractivity contribution < 1.29 is 0 Å². The average molecular weight is 192 g/mol. The Balaban J connectivity index is 2.05. The Kier molecular flexibility index (Phi) is 2.63. The summed E-state index contributed by atoms with van der Waals surface area (Å²) in [6.07, 6.45) is 4.16. The van der Waals surface area contributed by atoms with Crippen molar-refractivity contribution in [3.05, 3.63) is 18.1 Å². The number of nitrogens with one attached hydrogen (secondary N) is 1. The number of hydrogen-bond donors (Lipinski definition) is 2. The van der Waals surface area contributed by atoms with Gasteiger partial charge < -0.3 is 11.1 Å². The second-order valence-electron chi connectivity index (χ2n) is 3.88. The molecule has 14 heavy (non-hydrogen) atoms. The molecule has 3 N–H and O–H groups in total. The van der Waals surface area contributed by atoms with Gasteiger partial charge in [0.15, 0.2) is 0 Å². The van der Waals surface area contributed by atoms with Crippen molar-refractivity contribution >= 4 is 5.82 Å². The summed E-state index contributed by atoms with van der Waals surface area (Å²) < 4.78 is 0. The number of hydrogen-bond acceptors (Lipinski definition) is 4. The van der Waals surface area contributed by atoms with E-state index in [1.807, 2.05) is 13.0 Å². The highest BCUT2D eigenvalue weighted by Gasteiger charge is 2.25. The molecule has 0 radical (unpaired) electrons. The van der Waals surface area contributed by atoms with Crippen LogP contribution in [-0.2, 0) is 0 Å². The van der Waals surface area contributed by atoms with Gasteiger partial charge in [-0.15, -0.1) is 0 Å². The maximum atomic E-state index is 5.52. The second kappa shape index (κ2) is 3.92. The van der Waals surface area contributed by atoms with E-state index in [1.165, 1.54) is 12.8 Å². The second-order valence-corrected chi connectivity index (χ2v) is 3.88. The molecule has 1 saturated carbocycles. The molecule has 1 unspecified atom stereocenters. The third kappa shape index (κ3) is 2.20. The Bertz CT molecular complexity index is 309. The van der Waals surface area contributed by atoms with E-state index in [0.717, 1.165) is 11.5 Å². The molecule has 0 bridgehead atoms. The number of aromatic nitrogens is 2. The molecule has 0 aromatic carbocycles. The highest BCUT2D eigenvalue weighted by Crippen LogP contribution is 2.39. The van der Waals surface area contributed by atoms with Crippen LogP contribution < -0.4 is 11.1 Å². The lowest BCUT2D eigenvalue weighted by molar-refractivity contribution is 0.795. The summed E-state index contributed by atoms with van der Waals surface area (Å²) in [5, 5.41) is 3.24. The summed E-state index contributed by atoms with van der Waals surface area (Å²) in [5.41, 5.74) is 6.68. The van der Waals surface area contributed by atoms with Gasteiger partial charge in [-0.1, -0.05) is 0 Å². The summed E-state index contributed by atoms with van der Waals surface area (Å²) in [6, 6.07) is 2.29. The van der Waals surface area contributed by atoms with Gasteiger partial charge in [0.2, 0.25) is 0 Å². The molecule has 76 valence electrons. The first-order valence-corrected chi connectivity index (χ1v) is 5.08. The minimum Gasteiger partial charge on any atom is -0.366 e. The summed E-state index contributed by atoms with van der Waals surface area (Å²) in [6.45, 7) is 2.65. The molecule has 2 rings (SSSR count). The Morgan fingerprint density at radius 3 is 3.00 bits per heavy atom. The first-order chi connectivity index (χ1) is 6.79. The average Bonchev–Trinajstić information content (AvgIpc) is 3.01. The van der Waals surface area contributed by atoms with Crippen LogP contribution in [0, 0.1) is 0 Å². The van der Waals surface area contributed by atoms with Crippen LogP contribution in [0.4, 0.5) is 5.82 Å². The van der Waals surface area contributed by atoms with Crippen LogP contribution in [0.2, 0.25) is 0 Å². The van der Waals surface area contributed by atoms with Crippen molar-refractivity contribution in [1.82, 2.24) is 9.97 Å². The molecule has 1 aliphatic rings. The number of anilines is 1. The highest BCUT2D eigenvalue weighted by atomic mass is 15.0. The van der Waals surface area contributed by atoms with Gasteiger partial charge in [-0.25, -0.2) is 9.97 Å². The van der Waals surface area contributed by atoms with Crippen LogP contribution in [0.25, 0.3) is 0 Å². The Labute approximate surface area is 83.9 Å². The van der Waals surface area contributed by atoms with Crippen LogP contribution >= 0.6 is 0 Å². The van der Waals surface area contributed by atoms with E-state index in [-0.39, 0.29) is 6.04 Å². The van der Waals surface area contributed by atoms with Crippen LogP contribution in [0.3, 0.4) is 0 Å². The van der Waals surface area contributed by atoms with Gasteiger partial charge >= 0.3 is 0 Å². The number of rotatable bonds is 4. The van der Waals surface area contributed by atoms with Crippen molar-refractivity contribution in [2.24, 2.45) is 5.73 Å². The van der Waals surface area contributed by atoms with Crippen LogP contribution in [0.5, 0.6) is 0 Å². The first kappa shape index (κ1) is 9.40. The van der Waals surface area contributed by atoms with Crippen LogP contribution in [-0.4, -0.2) is 22.6 Å². The zero-order valence-electron chi connectivity index (χ0n) is 8.40. The normalized spacial score (nSPS) is 17.9. The van der Waals surface area contributed by atoms with Gasteiger partial charge in [-0.2, -0.15) is 0 Å². The van der Waals surface area contributed by atoms with Gasteiger partial charge in [0.05, 0.1) is 0 Å². The van der Waals surface area contributed by atoms with Crippen molar-refractivity contribution in [1.29, 1.82) is 0 Å². The van der Waals surface area contributed by atoms with E-state index in [0.29, 0.717) is 12.5 Å². The van der Waals surface area contributed by atoms with E-state index >= 15 is 0 Å². The molecule has 1 fully saturated rings. The zero-order valence-corrected chi connectivity index (χ0v) is 8.40. The quantitative estimate of drug-likeness (QED) is 0.750. The monoisotopic (exact) mass is 192 g/mol. The lowest BCUT2D eigenvalue weighted by Gasteiger charge is -2.11. The maximum absolute atomic E-state index is 5.52. The molecule has 0 spiro atoms. The molecule has 0 saturated heterocycles. The van der Waals surface area contributed by atoms with E-state index in [9.17, 15) is 0 Å². The molecule has 1 aromatic rings. The van der Waals surface area contributed by atoms with Crippen molar-refractivity contribution in [3.63, 3.8) is 0 Å². The molecule has 1 heterocycles. The Morgan fingerprint density at radius 1 is 1.57 bits per heavy atom. The summed E-state index contributed by atoms with van der Waals surface area (Å²) in [4.78, 5) is 8.41. The molecular formula is C10H16N4. The minimum atomic E-state index is 0.261. The largest absolute Gasteiger partial charge is 0.366 e. The minimum absolute atomic E-state index is 0.261. The molecule has 4 nitrogen and oxygen atoms in total. The lowest BCUT2D eigenvalue weighted by atomic mass is 10.2. The SMILES string of the molecule is CC(CN)Nc1cc(C2CC2)ncn1. The molecule has 0 aliphatic heterocycles. The topological polar surface area (TPSA) is 63.8 Å². The highest BCUT2D eigenvalue weighted by molar-refractivity contribution is 5.37. The molecule has 0 amide bonds. The fourth-order valence-electron chi connectivity index (χ4n) is 1.37. The van der Waals surface area contributed by atoms with E-state index < -0.39 is 0 Å². The molecule has 1 atom stereocenters. The standard InChI is InChI=1S/C10H16N4/c1-7(5-11)14-10-4-9(8-2-3-8)12-6-13-10/h4,6-8H,2-3,5,11H2,1H3,(H,12,13,14). The lowest BCUT2D eigenvalue weighted by Crippen LogP contribution is -2.25. The third-order valence-electron chi connectivity index (χ3n) is 2.43. The summed E-state index contributed by atoms with van der Waals surface area (Å²) in [5.74, 6) is 1.56. The Hall–Kier alpha value is -1.16. The summed E-state index contributed by atoms with van der Waals surface area (Å²) >= 11 is 0. The maximum Gasteiger partial charge on any atom is 0.129 e. The van der Waals surface area contributed by atoms with Gasteiger partial charge in [0.1, 0.15) is 12.1 Å². The fraction of sp³-hybridized carbons (Fsp3) is 0.600. The third-order valence-corrected chi connectivity index (χ3v) is 2.43. The van der Waals surface area contributed by atoms with Crippen molar-refractivity contribution in [2.75, 3.05) is 11.9 Å². The first-order valence-electron chi connectivity index (χ1n) is 5.08. The van der Waals surface area contributed by atoms with E-state index in [1.54, 1.807) is 6.33 Å². The fourth-order valence-corrected chi connectivity index (χ4v) is 1.37. The molecule has 1 aromatic heterocycles.